The van der Waals surface area contributed by atoms with E-state index >= 15 is 0 Å². The minimum Gasteiger partial charge on any atom is -0.307 e. The zero-order valence-corrected chi connectivity index (χ0v) is 6.17. The molecule has 0 unspecified atom stereocenters. The van der Waals surface area contributed by atoms with Crippen molar-refractivity contribution in [3.05, 3.63) is 17.3 Å². The van der Waals surface area contributed by atoms with Crippen molar-refractivity contribution >= 4 is 5.82 Å². The number of aryl methyl sites for hydroxylation is 2. The summed E-state index contributed by atoms with van der Waals surface area (Å²) < 4.78 is 0. The van der Waals surface area contributed by atoms with Gasteiger partial charge in [0, 0.05) is 0 Å². The molecule has 0 amide bonds. The molecule has 11 heavy (non-hydrogen) atoms. The largest absolute Gasteiger partial charge is 0.307 e. The van der Waals surface area contributed by atoms with E-state index < -0.39 is 0 Å². The third kappa shape index (κ3) is 1.05. The topological polar surface area (TPSA) is 63.8 Å². The lowest BCUT2D eigenvalue weighted by Gasteiger charge is -1.99. The van der Waals surface area contributed by atoms with Gasteiger partial charge in [-0.25, -0.2) is 5.84 Å². The van der Waals surface area contributed by atoms with Gasteiger partial charge in [-0.05, 0) is 30.9 Å². The molecule has 0 aliphatic heterocycles. The highest BCUT2D eigenvalue weighted by molar-refractivity contribution is 5.38. The maximum atomic E-state index is 5.19. The van der Waals surface area contributed by atoms with Crippen molar-refractivity contribution in [3.63, 3.8) is 0 Å². The highest BCUT2D eigenvalue weighted by atomic mass is 15.3. The summed E-state index contributed by atoms with van der Waals surface area (Å²) in [7, 11) is 0. The van der Waals surface area contributed by atoms with Crippen molar-refractivity contribution in [2.45, 2.75) is 19.3 Å². The van der Waals surface area contributed by atoms with E-state index in [4.69, 9.17) is 5.84 Å². The van der Waals surface area contributed by atoms with Gasteiger partial charge in [-0.3, -0.25) is 0 Å². The second-order valence-electron chi connectivity index (χ2n) is 2.70. The molecule has 4 nitrogen and oxygen atoms in total. The highest BCUT2D eigenvalue weighted by Gasteiger charge is 2.12. The van der Waals surface area contributed by atoms with Crippen LogP contribution in [-0.4, -0.2) is 10.2 Å². The molecule has 0 radical (unpaired) electrons. The van der Waals surface area contributed by atoms with E-state index in [2.05, 4.69) is 15.6 Å². The van der Waals surface area contributed by atoms with Crippen LogP contribution in [-0.2, 0) is 12.8 Å². The average Bonchev–Trinajstić information content (AvgIpc) is 2.50. The van der Waals surface area contributed by atoms with E-state index in [9.17, 15) is 0 Å². The summed E-state index contributed by atoms with van der Waals surface area (Å²) in [6, 6.07) is 1.97. The molecule has 4 heteroatoms. The first kappa shape index (κ1) is 6.54. The molecule has 0 saturated heterocycles. The van der Waals surface area contributed by atoms with Gasteiger partial charge in [0.25, 0.3) is 0 Å². The number of nitrogens with zero attached hydrogens (tertiary/aromatic N) is 2. The maximum absolute atomic E-state index is 5.19. The molecule has 1 aliphatic carbocycles. The summed E-state index contributed by atoms with van der Waals surface area (Å²) in [5, 5.41) is 7.92. The number of hydrogen-bond acceptors (Lipinski definition) is 4. The Morgan fingerprint density at radius 1 is 1.36 bits per heavy atom. The zero-order valence-electron chi connectivity index (χ0n) is 6.17. The van der Waals surface area contributed by atoms with E-state index in [0.29, 0.717) is 5.82 Å². The smallest absolute Gasteiger partial charge is 0.162 e. The van der Waals surface area contributed by atoms with E-state index in [1.54, 1.807) is 0 Å². The predicted molar refractivity (Wildman–Crippen MR) is 41.9 cm³/mol. The van der Waals surface area contributed by atoms with Gasteiger partial charge in [0.2, 0.25) is 0 Å². The highest BCUT2D eigenvalue weighted by Crippen LogP contribution is 2.20. The monoisotopic (exact) mass is 150 g/mol. The lowest BCUT2D eigenvalue weighted by Crippen LogP contribution is -2.10. The number of nitrogens with two attached hydrogens (primary N) is 1. The molecule has 1 aromatic rings. The Morgan fingerprint density at radius 2 is 2.27 bits per heavy atom. The summed E-state index contributed by atoms with van der Waals surface area (Å²) >= 11 is 0. The molecular weight excluding hydrogens is 140 g/mol. The van der Waals surface area contributed by atoms with Gasteiger partial charge in [0.15, 0.2) is 5.82 Å². The van der Waals surface area contributed by atoms with E-state index in [0.717, 1.165) is 18.5 Å². The Balaban J connectivity index is 2.41. The third-order valence-electron chi connectivity index (χ3n) is 1.97. The van der Waals surface area contributed by atoms with Gasteiger partial charge >= 0.3 is 0 Å². The molecule has 0 spiro atoms. The van der Waals surface area contributed by atoms with Crippen LogP contribution >= 0.6 is 0 Å². The van der Waals surface area contributed by atoms with Gasteiger partial charge in [0.1, 0.15) is 0 Å². The third-order valence-corrected chi connectivity index (χ3v) is 1.97. The molecule has 0 fully saturated rings. The molecule has 0 saturated carbocycles. The van der Waals surface area contributed by atoms with Gasteiger partial charge in [-0.15, -0.1) is 5.10 Å². The molecule has 2 rings (SSSR count). The number of rotatable bonds is 1. The Labute approximate surface area is 64.8 Å². The van der Waals surface area contributed by atoms with E-state index in [1.165, 1.54) is 12.0 Å². The van der Waals surface area contributed by atoms with Crippen molar-refractivity contribution in [3.8, 4) is 0 Å². The number of nitrogens with one attached hydrogen (secondary N) is 1. The second-order valence-corrected chi connectivity index (χ2v) is 2.70. The van der Waals surface area contributed by atoms with Crippen LogP contribution < -0.4 is 11.3 Å². The Morgan fingerprint density at radius 3 is 3.09 bits per heavy atom. The van der Waals surface area contributed by atoms with Crippen LogP contribution in [0.5, 0.6) is 0 Å². The SMILES string of the molecule is NNc1cc2c(nn1)CCC2. The van der Waals surface area contributed by atoms with Crippen LogP contribution in [0.15, 0.2) is 6.07 Å². The number of hydrazine groups is 1. The molecule has 58 valence electrons. The number of aromatic nitrogens is 2. The molecule has 0 aromatic carbocycles. The molecule has 1 heterocycles. The minimum atomic E-state index is 0.658. The van der Waals surface area contributed by atoms with Crippen molar-refractivity contribution in [2.24, 2.45) is 5.84 Å². The number of nitrogen functional groups attached to an aromatic ring is 1. The van der Waals surface area contributed by atoms with Crippen molar-refractivity contribution in [2.75, 3.05) is 5.43 Å². The van der Waals surface area contributed by atoms with Crippen LogP contribution in [0.2, 0.25) is 0 Å². The van der Waals surface area contributed by atoms with Crippen LogP contribution in [0.4, 0.5) is 5.82 Å². The van der Waals surface area contributed by atoms with Gasteiger partial charge < -0.3 is 5.43 Å². The van der Waals surface area contributed by atoms with Crippen LogP contribution in [0.25, 0.3) is 0 Å². The summed E-state index contributed by atoms with van der Waals surface area (Å²) in [6.45, 7) is 0. The summed E-state index contributed by atoms with van der Waals surface area (Å²) in [6.07, 6.45) is 3.37. The first-order valence-electron chi connectivity index (χ1n) is 3.72. The van der Waals surface area contributed by atoms with Crippen molar-refractivity contribution < 1.29 is 0 Å². The quantitative estimate of drug-likeness (QED) is 0.445. The maximum Gasteiger partial charge on any atom is 0.162 e. The number of hydrogen-bond donors (Lipinski definition) is 2. The Kier molecular flexibility index (Phi) is 1.47. The standard InChI is InChI=1S/C7H10N4/c8-9-7-4-5-2-1-3-6(5)10-11-7/h4H,1-3,8H2,(H,9,11). The molecule has 1 aliphatic rings. The minimum absolute atomic E-state index is 0.658. The Bertz CT molecular complexity index is 271. The fourth-order valence-corrected chi connectivity index (χ4v) is 1.40. The number of fused-ring (bicyclic) bond motifs is 1. The number of anilines is 1. The fraction of sp³-hybridized carbons (Fsp3) is 0.429. The summed E-state index contributed by atoms with van der Waals surface area (Å²) in [4.78, 5) is 0. The van der Waals surface area contributed by atoms with Crippen LogP contribution in [0.3, 0.4) is 0 Å². The van der Waals surface area contributed by atoms with E-state index in [-0.39, 0.29) is 0 Å². The summed E-state index contributed by atoms with van der Waals surface area (Å²) in [5.74, 6) is 5.85. The first-order valence-corrected chi connectivity index (χ1v) is 3.72. The first-order chi connectivity index (χ1) is 5.40. The van der Waals surface area contributed by atoms with Gasteiger partial charge in [-0.1, -0.05) is 0 Å². The van der Waals surface area contributed by atoms with E-state index in [1.807, 2.05) is 6.07 Å². The normalized spacial score (nSPS) is 14.6. The van der Waals surface area contributed by atoms with Gasteiger partial charge in [-0.2, -0.15) is 5.10 Å². The lowest BCUT2D eigenvalue weighted by molar-refractivity contribution is 0.878. The van der Waals surface area contributed by atoms with Gasteiger partial charge in [0.05, 0.1) is 5.69 Å². The molecule has 0 bridgehead atoms. The molecule has 1 aromatic heterocycles. The Hall–Kier alpha value is -1.16. The predicted octanol–water partition coefficient (Wildman–Crippen LogP) is 0.251. The fourth-order valence-electron chi connectivity index (χ4n) is 1.40. The average molecular weight is 150 g/mol. The molecule has 3 N–H and O–H groups in total. The van der Waals surface area contributed by atoms with Crippen LogP contribution in [0, 0.1) is 0 Å². The lowest BCUT2D eigenvalue weighted by atomic mass is 10.2. The summed E-state index contributed by atoms with van der Waals surface area (Å²) in [5.41, 5.74) is 4.90. The van der Waals surface area contributed by atoms with Crippen molar-refractivity contribution in [1.29, 1.82) is 0 Å². The molecule has 0 atom stereocenters. The van der Waals surface area contributed by atoms with Crippen molar-refractivity contribution in [1.82, 2.24) is 10.2 Å². The second kappa shape index (κ2) is 2.47. The zero-order chi connectivity index (χ0) is 7.68. The van der Waals surface area contributed by atoms with Crippen LogP contribution in [0.1, 0.15) is 17.7 Å². The molecular formula is C7H10N4.